The number of hydrogen-bond acceptors (Lipinski definition) is 2. The maximum Gasteiger partial charge on any atom is 0.260 e. The molecule has 0 aliphatic rings. The lowest BCUT2D eigenvalue weighted by molar-refractivity contribution is -0.127. The van der Waals surface area contributed by atoms with Gasteiger partial charge in [0.05, 0.1) is 0 Å². The van der Waals surface area contributed by atoms with Crippen LogP contribution in [0.3, 0.4) is 0 Å². The van der Waals surface area contributed by atoms with E-state index < -0.39 is 6.10 Å². The molecule has 2 aromatic carbocycles. The highest BCUT2D eigenvalue weighted by Crippen LogP contribution is 2.19. The van der Waals surface area contributed by atoms with E-state index in [4.69, 9.17) is 4.74 Å². The summed E-state index contributed by atoms with van der Waals surface area (Å²) in [6.45, 7) is 8.94. The van der Waals surface area contributed by atoms with E-state index in [1.54, 1.807) is 6.92 Å². The summed E-state index contributed by atoms with van der Waals surface area (Å²) < 4.78 is 5.84. The maximum absolute atomic E-state index is 12.2. The van der Waals surface area contributed by atoms with Gasteiger partial charge in [-0.15, -0.1) is 0 Å². The van der Waals surface area contributed by atoms with Crippen molar-refractivity contribution in [2.45, 2.75) is 59.0 Å². The zero-order valence-corrected chi connectivity index (χ0v) is 16.4. The van der Waals surface area contributed by atoms with Crippen LogP contribution in [0, 0.1) is 0 Å². The third kappa shape index (κ3) is 5.91. The molecule has 140 valence electrons. The van der Waals surface area contributed by atoms with E-state index in [2.05, 4.69) is 50.4 Å². The number of carbonyl (C=O) groups excluding carboxylic acids is 1. The summed E-state index contributed by atoms with van der Waals surface area (Å²) >= 11 is 0. The Kier molecular flexibility index (Phi) is 7.71. The molecule has 0 fully saturated rings. The van der Waals surface area contributed by atoms with Gasteiger partial charge in [-0.05, 0) is 54.9 Å². The zero-order valence-electron chi connectivity index (χ0n) is 16.4. The maximum atomic E-state index is 12.2. The molecule has 26 heavy (non-hydrogen) atoms. The quantitative estimate of drug-likeness (QED) is 0.652. The Morgan fingerprint density at radius 1 is 1.04 bits per heavy atom. The second kappa shape index (κ2) is 10.0. The molecule has 0 spiro atoms. The molecule has 2 aromatic rings. The molecule has 3 heteroatoms. The van der Waals surface area contributed by atoms with E-state index in [9.17, 15) is 4.79 Å². The summed E-state index contributed by atoms with van der Waals surface area (Å²) in [6.07, 6.45) is 2.28. The number of aryl methyl sites for hydroxylation is 2. The number of benzene rings is 2. The topological polar surface area (TPSA) is 38.3 Å². The van der Waals surface area contributed by atoms with E-state index in [0.717, 1.165) is 30.6 Å². The van der Waals surface area contributed by atoms with Crippen molar-refractivity contribution in [3.8, 4) is 5.75 Å². The molecule has 0 heterocycles. The van der Waals surface area contributed by atoms with Crippen LogP contribution in [-0.2, 0) is 17.6 Å². The summed E-state index contributed by atoms with van der Waals surface area (Å²) in [5, 5.41) is 2.98. The first-order valence-electron chi connectivity index (χ1n) is 9.62. The Morgan fingerprint density at radius 3 is 2.38 bits per heavy atom. The van der Waals surface area contributed by atoms with E-state index >= 15 is 0 Å². The minimum atomic E-state index is -0.493. The monoisotopic (exact) mass is 353 g/mol. The third-order valence-electron chi connectivity index (χ3n) is 4.61. The average Bonchev–Trinajstić information content (AvgIpc) is 2.65. The number of rotatable bonds is 9. The van der Waals surface area contributed by atoms with Crippen LogP contribution in [0.25, 0.3) is 0 Å². The first-order valence-corrected chi connectivity index (χ1v) is 9.62. The Hall–Kier alpha value is -2.29. The van der Waals surface area contributed by atoms with Crippen molar-refractivity contribution in [2.24, 2.45) is 0 Å². The smallest absolute Gasteiger partial charge is 0.260 e. The van der Waals surface area contributed by atoms with Gasteiger partial charge < -0.3 is 10.1 Å². The average molecular weight is 354 g/mol. The van der Waals surface area contributed by atoms with Crippen molar-refractivity contribution < 1.29 is 9.53 Å². The van der Waals surface area contributed by atoms with Crippen LogP contribution in [0.15, 0.2) is 48.5 Å². The summed E-state index contributed by atoms with van der Waals surface area (Å²) in [4.78, 5) is 12.2. The van der Waals surface area contributed by atoms with E-state index in [1.807, 2.05) is 24.3 Å². The number of ether oxygens (including phenoxy) is 1. The summed E-state index contributed by atoms with van der Waals surface area (Å²) in [6, 6.07) is 16.6. The molecule has 1 amide bonds. The van der Waals surface area contributed by atoms with E-state index in [1.165, 1.54) is 11.1 Å². The lowest BCUT2D eigenvalue weighted by Gasteiger charge is -2.17. The second-order valence-electron chi connectivity index (χ2n) is 7.01. The van der Waals surface area contributed by atoms with Crippen molar-refractivity contribution in [2.75, 3.05) is 6.54 Å². The highest BCUT2D eigenvalue weighted by molar-refractivity contribution is 5.80. The molecule has 0 bridgehead atoms. The van der Waals surface area contributed by atoms with Gasteiger partial charge in [0.15, 0.2) is 6.10 Å². The fourth-order valence-electron chi connectivity index (χ4n) is 2.87. The van der Waals surface area contributed by atoms with Gasteiger partial charge in [0.2, 0.25) is 0 Å². The normalized spacial score (nSPS) is 12.0. The summed E-state index contributed by atoms with van der Waals surface area (Å²) in [5.41, 5.74) is 3.79. The predicted molar refractivity (Wildman–Crippen MR) is 108 cm³/mol. The van der Waals surface area contributed by atoms with Gasteiger partial charge in [0.25, 0.3) is 5.91 Å². The Balaban J connectivity index is 1.74. The van der Waals surface area contributed by atoms with Gasteiger partial charge in [-0.25, -0.2) is 0 Å². The molecule has 1 N–H and O–H groups in total. The molecular formula is C23H31NO2. The fourth-order valence-corrected chi connectivity index (χ4v) is 2.87. The molecule has 1 unspecified atom stereocenters. The Bertz CT molecular complexity index is 692. The number of amides is 1. The van der Waals surface area contributed by atoms with Gasteiger partial charge in [0, 0.05) is 6.54 Å². The van der Waals surface area contributed by atoms with Crippen molar-refractivity contribution in [3.05, 3.63) is 65.2 Å². The minimum absolute atomic E-state index is 0.0638. The van der Waals surface area contributed by atoms with Gasteiger partial charge in [0.1, 0.15) is 5.75 Å². The number of nitrogens with one attached hydrogen (secondary N) is 1. The molecule has 0 aliphatic carbocycles. The Morgan fingerprint density at radius 2 is 1.73 bits per heavy atom. The van der Waals surface area contributed by atoms with Gasteiger partial charge >= 0.3 is 0 Å². The van der Waals surface area contributed by atoms with Crippen molar-refractivity contribution in [1.29, 1.82) is 0 Å². The first kappa shape index (κ1) is 20.0. The Labute approximate surface area is 157 Å². The van der Waals surface area contributed by atoms with Crippen LogP contribution in [-0.4, -0.2) is 18.6 Å². The van der Waals surface area contributed by atoms with Gasteiger partial charge in [-0.1, -0.05) is 63.2 Å². The molecule has 0 saturated carbocycles. The van der Waals surface area contributed by atoms with Crippen LogP contribution < -0.4 is 10.1 Å². The van der Waals surface area contributed by atoms with Gasteiger partial charge in [-0.2, -0.15) is 0 Å². The minimum Gasteiger partial charge on any atom is -0.481 e. The highest BCUT2D eigenvalue weighted by atomic mass is 16.5. The molecule has 1 atom stereocenters. The second-order valence-corrected chi connectivity index (χ2v) is 7.01. The molecule has 0 aliphatic heterocycles. The van der Waals surface area contributed by atoms with Crippen LogP contribution in [0.5, 0.6) is 5.75 Å². The third-order valence-corrected chi connectivity index (χ3v) is 4.61. The SMILES string of the molecule is CCc1ccccc1OC(C)C(=O)NCCCc1ccc(C(C)C)cc1. The first-order chi connectivity index (χ1) is 12.5. The lowest BCUT2D eigenvalue weighted by atomic mass is 10.0. The van der Waals surface area contributed by atoms with Crippen molar-refractivity contribution in [1.82, 2.24) is 5.32 Å². The molecule has 0 radical (unpaired) electrons. The standard InChI is InChI=1S/C23H31NO2/c1-5-20-10-6-7-11-22(20)26-18(4)23(25)24-16-8-9-19-12-14-21(15-13-19)17(2)3/h6-7,10-15,17-18H,5,8-9,16H2,1-4H3,(H,24,25). The number of para-hydroxylation sites is 1. The van der Waals surface area contributed by atoms with Crippen molar-refractivity contribution >= 4 is 5.91 Å². The van der Waals surface area contributed by atoms with Crippen LogP contribution in [0.2, 0.25) is 0 Å². The highest BCUT2D eigenvalue weighted by Gasteiger charge is 2.15. The van der Waals surface area contributed by atoms with Crippen LogP contribution in [0.4, 0.5) is 0 Å². The molecule has 2 rings (SSSR count). The molecular weight excluding hydrogens is 322 g/mol. The predicted octanol–water partition coefficient (Wildman–Crippen LogP) is 4.89. The van der Waals surface area contributed by atoms with Crippen molar-refractivity contribution in [3.63, 3.8) is 0 Å². The summed E-state index contributed by atoms with van der Waals surface area (Å²) in [5.74, 6) is 1.29. The van der Waals surface area contributed by atoms with E-state index in [-0.39, 0.29) is 5.91 Å². The largest absolute Gasteiger partial charge is 0.481 e. The van der Waals surface area contributed by atoms with E-state index in [0.29, 0.717) is 12.5 Å². The number of carbonyl (C=O) groups is 1. The molecule has 0 aromatic heterocycles. The summed E-state index contributed by atoms with van der Waals surface area (Å²) in [7, 11) is 0. The molecule has 0 saturated heterocycles. The van der Waals surface area contributed by atoms with Crippen LogP contribution >= 0.6 is 0 Å². The van der Waals surface area contributed by atoms with Crippen LogP contribution in [0.1, 0.15) is 56.7 Å². The molecule has 3 nitrogen and oxygen atoms in total. The lowest BCUT2D eigenvalue weighted by Crippen LogP contribution is -2.37. The fraction of sp³-hybridized carbons (Fsp3) is 0.435. The number of hydrogen-bond donors (Lipinski definition) is 1. The van der Waals surface area contributed by atoms with Gasteiger partial charge in [-0.3, -0.25) is 4.79 Å². The zero-order chi connectivity index (χ0) is 18.9.